The van der Waals surface area contributed by atoms with E-state index in [1.807, 2.05) is 48.3 Å². The summed E-state index contributed by atoms with van der Waals surface area (Å²) < 4.78 is 14.2. The zero-order valence-electron chi connectivity index (χ0n) is 30.6. The number of nitrogens with zero attached hydrogens (tertiary/aromatic N) is 3. The molecular weight excluding hydrogens is 681 g/mol. The molecule has 0 spiro atoms. The fourth-order valence-corrected chi connectivity index (χ4v) is 8.59. The summed E-state index contributed by atoms with van der Waals surface area (Å²) in [5.41, 5.74) is 6.58. The maximum Gasteiger partial charge on any atom is 0.235 e. The highest BCUT2D eigenvalue weighted by Gasteiger charge is 2.33. The van der Waals surface area contributed by atoms with Crippen LogP contribution in [-0.4, -0.2) is 63.3 Å². The van der Waals surface area contributed by atoms with Gasteiger partial charge in [-0.1, -0.05) is 48.5 Å². The van der Waals surface area contributed by atoms with E-state index < -0.39 is 5.92 Å². The first-order valence-corrected chi connectivity index (χ1v) is 19.1. The third-order valence-electron chi connectivity index (χ3n) is 11.4. The van der Waals surface area contributed by atoms with Gasteiger partial charge in [-0.3, -0.25) is 24.4 Å². The maximum atomic E-state index is 13.1. The number of hydrogen-bond acceptors (Lipinski definition) is 7. The van der Waals surface area contributed by atoms with E-state index in [1.165, 1.54) is 22.3 Å². The van der Waals surface area contributed by atoms with Crippen LogP contribution in [0.5, 0.6) is 17.2 Å². The second-order valence-electron chi connectivity index (χ2n) is 14.8. The highest BCUT2D eigenvalue weighted by Crippen LogP contribution is 2.47. The van der Waals surface area contributed by atoms with Gasteiger partial charge in [-0.15, -0.1) is 0 Å². The van der Waals surface area contributed by atoms with Crippen molar-refractivity contribution in [3.05, 3.63) is 119 Å². The lowest BCUT2D eigenvalue weighted by atomic mass is 9.69. The topological polar surface area (TPSA) is 123 Å². The van der Waals surface area contributed by atoms with Gasteiger partial charge < -0.3 is 19.5 Å². The van der Waals surface area contributed by atoms with E-state index in [0.29, 0.717) is 62.7 Å². The van der Waals surface area contributed by atoms with E-state index in [-0.39, 0.29) is 29.7 Å². The molecule has 0 radical (unpaired) electrons. The fraction of sp³-hybridized carbons (Fsp3) is 0.364. The summed E-state index contributed by atoms with van der Waals surface area (Å²) in [6.07, 6.45) is 5.27. The molecule has 0 bridgehead atoms. The molecule has 8 rings (SSSR count). The van der Waals surface area contributed by atoms with Crippen molar-refractivity contribution in [2.24, 2.45) is 7.05 Å². The third kappa shape index (κ3) is 7.42. The van der Waals surface area contributed by atoms with E-state index in [9.17, 15) is 19.5 Å². The number of hydrogen-bond donors (Lipinski definition) is 2. The predicted octanol–water partition coefficient (Wildman–Crippen LogP) is 6.89. The molecule has 1 unspecified atom stereocenters. The van der Waals surface area contributed by atoms with Crippen LogP contribution < -0.4 is 14.8 Å². The highest BCUT2D eigenvalue weighted by atomic mass is 16.5. The molecule has 3 amide bonds. The Hall–Kier alpha value is -5.64. The summed E-state index contributed by atoms with van der Waals surface area (Å²) in [4.78, 5) is 39.1. The Morgan fingerprint density at radius 3 is 2.43 bits per heavy atom. The normalized spacial score (nSPS) is 20.4. The van der Waals surface area contributed by atoms with Gasteiger partial charge >= 0.3 is 0 Å². The van der Waals surface area contributed by atoms with Crippen molar-refractivity contribution in [1.29, 1.82) is 0 Å². The van der Waals surface area contributed by atoms with Gasteiger partial charge in [0.1, 0.15) is 23.4 Å². The minimum atomic E-state index is -0.449. The molecule has 2 N–H and O–H groups in total. The van der Waals surface area contributed by atoms with E-state index in [4.69, 9.17) is 9.47 Å². The summed E-state index contributed by atoms with van der Waals surface area (Å²) in [6.45, 7) is 1.76. The summed E-state index contributed by atoms with van der Waals surface area (Å²) in [6, 6.07) is 30.6. The van der Waals surface area contributed by atoms with E-state index in [2.05, 4.69) is 58.9 Å². The average molecular weight is 727 g/mol. The van der Waals surface area contributed by atoms with E-state index >= 15 is 0 Å². The van der Waals surface area contributed by atoms with Gasteiger partial charge in [-0.25, -0.2) is 0 Å². The maximum absolute atomic E-state index is 13.1. The second-order valence-corrected chi connectivity index (χ2v) is 14.8. The number of amides is 3. The molecule has 54 heavy (non-hydrogen) atoms. The van der Waals surface area contributed by atoms with E-state index in [0.717, 1.165) is 48.1 Å². The first-order valence-electron chi connectivity index (χ1n) is 19.1. The molecule has 4 aromatic carbocycles. The Morgan fingerprint density at radius 2 is 1.65 bits per heavy atom. The molecule has 3 aliphatic rings. The van der Waals surface area contributed by atoms with Crippen LogP contribution in [0, 0.1) is 0 Å². The van der Waals surface area contributed by atoms with Crippen molar-refractivity contribution < 1.29 is 29.0 Å². The fourth-order valence-electron chi connectivity index (χ4n) is 8.59. The van der Waals surface area contributed by atoms with Crippen LogP contribution >= 0.6 is 0 Å². The monoisotopic (exact) mass is 726 g/mol. The molecule has 2 saturated heterocycles. The van der Waals surface area contributed by atoms with E-state index in [1.54, 1.807) is 10.7 Å². The quantitative estimate of drug-likeness (QED) is 0.119. The molecular formula is C44H46N4O6. The van der Waals surface area contributed by atoms with Gasteiger partial charge in [0.05, 0.1) is 23.7 Å². The van der Waals surface area contributed by atoms with Crippen LogP contribution in [0.4, 0.5) is 0 Å². The number of likely N-dealkylation sites (tertiary alicyclic amines) is 1. The smallest absolute Gasteiger partial charge is 0.235 e. The van der Waals surface area contributed by atoms with Gasteiger partial charge in [-0.2, -0.15) is 5.10 Å². The van der Waals surface area contributed by atoms with Gasteiger partial charge in [-0.05, 0) is 90.3 Å². The van der Waals surface area contributed by atoms with Crippen LogP contribution in [0.1, 0.15) is 90.6 Å². The molecule has 10 nitrogen and oxygen atoms in total. The van der Waals surface area contributed by atoms with Crippen LogP contribution in [0.3, 0.4) is 0 Å². The van der Waals surface area contributed by atoms with Crippen LogP contribution in [0.25, 0.3) is 10.9 Å². The molecule has 1 aliphatic carbocycles. The lowest BCUT2D eigenvalue weighted by molar-refractivity contribution is -0.135. The second kappa shape index (κ2) is 15.4. The summed E-state index contributed by atoms with van der Waals surface area (Å²) >= 11 is 0. The molecule has 2 fully saturated rings. The van der Waals surface area contributed by atoms with Crippen molar-refractivity contribution in [3.8, 4) is 17.2 Å². The predicted molar refractivity (Wildman–Crippen MR) is 205 cm³/mol. The number of aromatic nitrogens is 2. The molecule has 1 aromatic heterocycles. The number of aryl methyl sites for hydroxylation is 2. The van der Waals surface area contributed by atoms with Crippen molar-refractivity contribution in [3.63, 3.8) is 0 Å². The summed E-state index contributed by atoms with van der Waals surface area (Å²) in [5.74, 6) is 1.51. The first kappa shape index (κ1) is 35.4. The van der Waals surface area contributed by atoms with Crippen LogP contribution in [0.2, 0.25) is 0 Å². The Morgan fingerprint density at radius 1 is 0.870 bits per heavy atom. The van der Waals surface area contributed by atoms with Crippen molar-refractivity contribution >= 4 is 28.6 Å². The molecule has 3 heterocycles. The number of rotatable bonds is 10. The van der Waals surface area contributed by atoms with Crippen LogP contribution in [0.15, 0.2) is 91.0 Å². The minimum Gasteiger partial charge on any atom is -0.508 e. The number of phenolic OH excluding ortho intramolecular Hbond substituents is 1. The Bertz CT molecular complexity index is 2160. The molecule has 0 saturated carbocycles. The van der Waals surface area contributed by atoms with Crippen molar-refractivity contribution in [2.45, 2.75) is 75.2 Å². The lowest BCUT2D eigenvalue weighted by Gasteiger charge is -2.35. The zero-order chi connectivity index (χ0) is 37.2. The third-order valence-corrected chi connectivity index (χ3v) is 11.4. The summed E-state index contributed by atoms with van der Waals surface area (Å²) in [5, 5.41) is 18.1. The average Bonchev–Trinajstić information content (AvgIpc) is 3.51. The number of nitrogens with one attached hydrogen (secondary N) is 1. The number of benzene rings is 4. The first-order chi connectivity index (χ1) is 26.3. The Labute approximate surface area is 315 Å². The number of carbonyl (C=O) groups is 3. The number of piperidine rings is 2. The molecule has 278 valence electrons. The lowest BCUT2D eigenvalue weighted by Crippen LogP contribution is -2.41. The molecule has 5 aromatic rings. The molecule has 10 heteroatoms. The van der Waals surface area contributed by atoms with Crippen LogP contribution in [-0.2, 0) is 27.9 Å². The van der Waals surface area contributed by atoms with Crippen molar-refractivity contribution in [2.75, 3.05) is 19.7 Å². The zero-order valence-corrected chi connectivity index (χ0v) is 30.6. The number of phenols is 1. The number of carbonyl (C=O) groups excluding carboxylic acids is 3. The Kier molecular flexibility index (Phi) is 10.1. The number of imide groups is 1. The van der Waals surface area contributed by atoms with Gasteiger partial charge in [0.25, 0.3) is 0 Å². The minimum absolute atomic E-state index is 0.00199. The molecule has 3 atom stereocenters. The highest BCUT2D eigenvalue weighted by molar-refractivity contribution is 6.02. The SMILES string of the molecule is Cn1nc(C2CCC(=O)NC2=O)c2ccc(OC3CCN(C(=O)CCCOc4ccc([C@@H]5c6ccc(O)cc6CC[C@@H]5c5ccccc5)cc4)CC3)cc21. The summed E-state index contributed by atoms with van der Waals surface area (Å²) in [7, 11) is 1.85. The Balaban J connectivity index is 0.809. The number of ether oxygens (including phenoxy) is 2. The molecule has 2 aliphatic heterocycles. The number of fused-ring (bicyclic) bond motifs is 2. The van der Waals surface area contributed by atoms with Crippen molar-refractivity contribution in [1.82, 2.24) is 20.0 Å². The van der Waals surface area contributed by atoms with Gasteiger partial charge in [0.2, 0.25) is 17.7 Å². The standard InChI is InChI=1S/C44H46N4O6/c1-47-39-27-34(15-18-37(39)43(46-47)38-19-20-40(50)45-44(38)52)54-33-21-23-48(24-22-33)41(51)8-5-25-53-32-13-9-29(10-14-32)42-35(28-6-3-2-4-7-28)16-11-30-26-31(49)12-17-36(30)42/h2-4,6-7,9-10,12-15,17-18,26-27,33,35,38,42,49H,5,8,11,16,19-25H2,1H3,(H,45,50,52)/t35-,38?,42+/m1/s1. The largest absolute Gasteiger partial charge is 0.508 e. The van der Waals surface area contributed by atoms with Gasteiger partial charge in [0, 0.05) is 63.2 Å². The van der Waals surface area contributed by atoms with Gasteiger partial charge in [0.15, 0.2) is 0 Å². The number of aromatic hydroxyl groups is 1.